The highest BCUT2D eigenvalue weighted by atomic mass is 16.2. The first-order valence-corrected chi connectivity index (χ1v) is 6.12. The number of amides is 1. The topological polar surface area (TPSA) is 35.6 Å². The standard InChI is InChI=1S/C12H25N3O/c1-9(2)7-15-10(3)8-14(5)11(6-13-4)12(15)16/h9-11,13H,6-8H2,1-5H3. The molecule has 1 amide bonds. The van der Waals surface area contributed by atoms with Gasteiger partial charge in [-0.15, -0.1) is 0 Å². The number of nitrogens with one attached hydrogen (secondary N) is 1. The molecule has 94 valence electrons. The molecule has 1 fully saturated rings. The molecule has 2 unspecified atom stereocenters. The fourth-order valence-electron chi connectivity index (χ4n) is 2.34. The predicted octanol–water partition coefficient (Wildman–Crippen LogP) is 0.393. The van der Waals surface area contributed by atoms with Crippen LogP contribution in [0, 0.1) is 5.92 Å². The number of piperazine rings is 1. The normalized spacial score (nSPS) is 27.9. The third-order valence-corrected chi connectivity index (χ3v) is 3.14. The summed E-state index contributed by atoms with van der Waals surface area (Å²) in [5.41, 5.74) is 0. The molecular formula is C12H25N3O. The Balaban J connectivity index is 2.73. The number of likely N-dealkylation sites (N-methyl/N-ethyl adjacent to an activating group) is 2. The van der Waals surface area contributed by atoms with Crippen molar-refractivity contribution in [3.63, 3.8) is 0 Å². The largest absolute Gasteiger partial charge is 0.337 e. The lowest BCUT2D eigenvalue weighted by Crippen LogP contribution is -2.62. The molecule has 1 aliphatic heterocycles. The lowest BCUT2D eigenvalue weighted by Gasteiger charge is -2.43. The smallest absolute Gasteiger partial charge is 0.241 e. The minimum atomic E-state index is -0.0000463. The van der Waals surface area contributed by atoms with Crippen molar-refractivity contribution >= 4 is 5.91 Å². The molecule has 0 aliphatic carbocycles. The first-order valence-electron chi connectivity index (χ1n) is 6.12. The highest BCUT2D eigenvalue weighted by molar-refractivity contribution is 5.83. The van der Waals surface area contributed by atoms with Gasteiger partial charge in [0.05, 0.1) is 0 Å². The van der Waals surface area contributed by atoms with Gasteiger partial charge in [0.15, 0.2) is 0 Å². The lowest BCUT2D eigenvalue weighted by atomic mass is 10.0. The fraction of sp³-hybridized carbons (Fsp3) is 0.917. The summed E-state index contributed by atoms with van der Waals surface area (Å²) >= 11 is 0. The van der Waals surface area contributed by atoms with Crippen LogP contribution >= 0.6 is 0 Å². The van der Waals surface area contributed by atoms with Crippen LogP contribution in [-0.2, 0) is 4.79 Å². The fourth-order valence-corrected chi connectivity index (χ4v) is 2.34. The zero-order chi connectivity index (χ0) is 12.3. The average molecular weight is 227 g/mol. The van der Waals surface area contributed by atoms with E-state index in [4.69, 9.17) is 0 Å². The quantitative estimate of drug-likeness (QED) is 0.755. The molecule has 1 saturated heterocycles. The Labute approximate surface area is 99.0 Å². The van der Waals surface area contributed by atoms with E-state index in [9.17, 15) is 4.79 Å². The molecule has 0 aromatic rings. The molecule has 4 nitrogen and oxygen atoms in total. The number of nitrogens with zero attached hydrogens (tertiary/aromatic N) is 2. The van der Waals surface area contributed by atoms with Crippen LogP contribution in [-0.4, -0.2) is 61.5 Å². The van der Waals surface area contributed by atoms with Crippen LogP contribution in [0.3, 0.4) is 0 Å². The highest BCUT2D eigenvalue weighted by Gasteiger charge is 2.36. The maximum absolute atomic E-state index is 12.3. The molecule has 0 aromatic heterocycles. The van der Waals surface area contributed by atoms with Crippen LogP contribution in [0.25, 0.3) is 0 Å². The van der Waals surface area contributed by atoms with E-state index in [0.717, 1.165) is 19.6 Å². The van der Waals surface area contributed by atoms with Crippen molar-refractivity contribution in [1.82, 2.24) is 15.1 Å². The molecule has 0 aromatic carbocycles. The summed E-state index contributed by atoms with van der Waals surface area (Å²) in [5, 5.41) is 3.10. The third kappa shape index (κ3) is 2.95. The van der Waals surface area contributed by atoms with E-state index in [0.29, 0.717) is 12.0 Å². The van der Waals surface area contributed by atoms with Gasteiger partial charge < -0.3 is 10.2 Å². The van der Waals surface area contributed by atoms with Crippen LogP contribution in [0.1, 0.15) is 20.8 Å². The molecular weight excluding hydrogens is 202 g/mol. The van der Waals surface area contributed by atoms with Crippen molar-refractivity contribution in [1.29, 1.82) is 0 Å². The molecule has 0 saturated carbocycles. The molecule has 0 radical (unpaired) electrons. The molecule has 0 spiro atoms. The van der Waals surface area contributed by atoms with Gasteiger partial charge in [-0.1, -0.05) is 13.8 Å². The van der Waals surface area contributed by atoms with Crippen LogP contribution in [0.15, 0.2) is 0 Å². The van der Waals surface area contributed by atoms with E-state index < -0.39 is 0 Å². The second kappa shape index (κ2) is 5.64. The number of rotatable bonds is 4. The average Bonchev–Trinajstić information content (AvgIpc) is 2.19. The van der Waals surface area contributed by atoms with Gasteiger partial charge in [-0.2, -0.15) is 0 Å². The molecule has 2 atom stereocenters. The molecule has 1 aliphatic rings. The van der Waals surface area contributed by atoms with Gasteiger partial charge in [0, 0.05) is 25.7 Å². The molecule has 4 heteroatoms. The van der Waals surface area contributed by atoms with Gasteiger partial charge in [-0.3, -0.25) is 9.69 Å². The highest BCUT2D eigenvalue weighted by Crippen LogP contribution is 2.16. The number of hydrogen-bond acceptors (Lipinski definition) is 3. The molecule has 0 bridgehead atoms. The van der Waals surface area contributed by atoms with Crippen molar-refractivity contribution in [3.05, 3.63) is 0 Å². The zero-order valence-electron chi connectivity index (χ0n) is 11.2. The summed E-state index contributed by atoms with van der Waals surface area (Å²) in [7, 11) is 3.93. The van der Waals surface area contributed by atoms with Crippen molar-refractivity contribution in [2.45, 2.75) is 32.9 Å². The Morgan fingerprint density at radius 3 is 2.62 bits per heavy atom. The summed E-state index contributed by atoms with van der Waals surface area (Å²) in [4.78, 5) is 16.5. The van der Waals surface area contributed by atoms with E-state index in [-0.39, 0.29) is 11.9 Å². The second-order valence-corrected chi connectivity index (χ2v) is 5.25. The van der Waals surface area contributed by atoms with Gasteiger partial charge in [0.2, 0.25) is 5.91 Å². The Bertz CT molecular complexity index is 242. The van der Waals surface area contributed by atoms with E-state index >= 15 is 0 Å². The van der Waals surface area contributed by atoms with E-state index in [2.05, 4.69) is 31.0 Å². The predicted molar refractivity (Wildman–Crippen MR) is 66.4 cm³/mol. The SMILES string of the molecule is CNCC1C(=O)N(CC(C)C)C(C)CN1C. The molecule has 1 rings (SSSR count). The molecule has 1 heterocycles. The number of carbonyl (C=O) groups is 1. The molecule has 16 heavy (non-hydrogen) atoms. The van der Waals surface area contributed by atoms with E-state index in [1.165, 1.54) is 0 Å². The summed E-state index contributed by atoms with van der Waals surface area (Å²) in [5.74, 6) is 0.800. The summed E-state index contributed by atoms with van der Waals surface area (Å²) in [6.07, 6.45) is 0. The minimum absolute atomic E-state index is 0.0000463. The second-order valence-electron chi connectivity index (χ2n) is 5.25. The van der Waals surface area contributed by atoms with Crippen molar-refractivity contribution in [2.75, 3.05) is 33.7 Å². The lowest BCUT2D eigenvalue weighted by molar-refractivity contribution is -0.144. The number of hydrogen-bond donors (Lipinski definition) is 1. The van der Waals surface area contributed by atoms with Gasteiger partial charge in [-0.05, 0) is 26.9 Å². The van der Waals surface area contributed by atoms with Gasteiger partial charge in [-0.25, -0.2) is 0 Å². The summed E-state index contributed by atoms with van der Waals surface area (Å²) in [6.45, 7) is 9.01. The Kier molecular flexibility index (Phi) is 4.74. The van der Waals surface area contributed by atoms with E-state index in [1.54, 1.807) is 0 Å². The summed E-state index contributed by atoms with van der Waals surface area (Å²) in [6, 6.07) is 0.327. The van der Waals surface area contributed by atoms with Crippen molar-refractivity contribution in [3.8, 4) is 0 Å². The van der Waals surface area contributed by atoms with E-state index in [1.807, 2.05) is 19.0 Å². The maximum Gasteiger partial charge on any atom is 0.241 e. The summed E-state index contributed by atoms with van der Waals surface area (Å²) < 4.78 is 0. The van der Waals surface area contributed by atoms with Crippen molar-refractivity contribution < 1.29 is 4.79 Å². The van der Waals surface area contributed by atoms with Crippen LogP contribution in [0.4, 0.5) is 0 Å². The molecule has 1 N–H and O–H groups in total. The Morgan fingerprint density at radius 1 is 1.50 bits per heavy atom. The first-order chi connectivity index (χ1) is 7.47. The number of carbonyl (C=O) groups excluding carboxylic acids is 1. The monoisotopic (exact) mass is 227 g/mol. The van der Waals surface area contributed by atoms with Gasteiger partial charge in [0.1, 0.15) is 6.04 Å². The first kappa shape index (κ1) is 13.5. The van der Waals surface area contributed by atoms with Crippen LogP contribution in [0.2, 0.25) is 0 Å². The zero-order valence-corrected chi connectivity index (χ0v) is 11.2. The Morgan fingerprint density at radius 2 is 2.12 bits per heavy atom. The van der Waals surface area contributed by atoms with Gasteiger partial charge >= 0.3 is 0 Å². The van der Waals surface area contributed by atoms with Crippen LogP contribution < -0.4 is 5.32 Å². The minimum Gasteiger partial charge on any atom is -0.337 e. The third-order valence-electron chi connectivity index (χ3n) is 3.14. The maximum atomic E-state index is 12.3. The Hall–Kier alpha value is -0.610. The van der Waals surface area contributed by atoms with Crippen molar-refractivity contribution in [2.24, 2.45) is 5.92 Å². The van der Waals surface area contributed by atoms with Gasteiger partial charge in [0.25, 0.3) is 0 Å². The van der Waals surface area contributed by atoms with Crippen LogP contribution in [0.5, 0.6) is 0 Å².